The molecular weight excluding hydrogens is 278 g/mol. The summed E-state index contributed by atoms with van der Waals surface area (Å²) < 4.78 is 4.80. The van der Waals surface area contributed by atoms with Crippen molar-refractivity contribution in [3.63, 3.8) is 0 Å². The molecule has 0 saturated carbocycles. The van der Waals surface area contributed by atoms with Gasteiger partial charge in [0.2, 0.25) is 5.91 Å². The van der Waals surface area contributed by atoms with Crippen molar-refractivity contribution in [2.24, 2.45) is 5.41 Å². The van der Waals surface area contributed by atoms with E-state index in [1.807, 2.05) is 58.0 Å². The van der Waals surface area contributed by atoms with Crippen LogP contribution in [-0.2, 0) is 14.3 Å². The van der Waals surface area contributed by atoms with Crippen molar-refractivity contribution in [1.82, 2.24) is 5.32 Å². The molecule has 122 valence electrons. The van der Waals surface area contributed by atoms with Crippen LogP contribution in [0.15, 0.2) is 30.3 Å². The number of nitrogens with one attached hydrogen (secondary N) is 1. The van der Waals surface area contributed by atoms with Crippen LogP contribution in [0, 0.1) is 5.41 Å². The van der Waals surface area contributed by atoms with Crippen LogP contribution in [0.2, 0.25) is 0 Å². The number of esters is 1. The Labute approximate surface area is 133 Å². The van der Waals surface area contributed by atoms with Gasteiger partial charge in [-0.15, -0.1) is 0 Å². The Hall–Kier alpha value is -1.84. The Morgan fingerprint density at radius 2 is 1.77 bits per heavy atom. The minimum Gasteiger partial charge on any atom is -0.467 e. The molecule has 1 aromatic rings. The van der Waals surface area contributed by atoms with E-state index < -0.39 is 12.0 Å². The van der Waals surface area contributed by atoms with E-state index in [-0.39, 0.29) is 17.2 Å². The molecule has 1 rings (SSSR count). The summed E-state index contributed by atoms with van der Waals surface area (Å²) in [4.78, 5) is 24.1. The average molecular weight is 305 g/mol. The van der Waals surface area contributed by atoms with E-state index in [0.717, 1.165) is 5.56 Å². The molecule has 4 nitrogen and oxygen atoms in total. The van der Waals surface area contributed by atoms with Gasteiger partial charge in [0.25, 0.3) is 0 Å². The molecule has 0 fully saturated rings. The second kappa shape index (κ2) is 7.97. The van der Waals surface area contributed by atoms with Gasteiger partial charge in [0, 0.05) is 6.42 Å². The number of ether oxygens (including phenoxy) is 1. The lowest BCUT2D eigenvalue weighted by molar-refractivity contribution is -0.146. The highest BCUT2D eigenvalue weighted by Crippen LogP contribution is 2.22. The van der Waals surface area contributed by atoms with E-state index in [2.05, 4.69) is 5.32 Å². The molecule has 0 aliphatic heterocycles. The second-order valence-corrected chi connectivity index (χ2v) is 6.92. The zero-order valence-electron chi connectivity index (χ0n) is 14.2. The van der Waals surface area contributed by atoms with Crippen molar-refractivity contribution < 1.29 is 14.3 Å². The maximum Gasteiger partial charge on any atom is 0.328 e. The third-order valence-electron chi connectivity index (χ3n) is 3.50. The number of hydrogen-bond acceptors (Lipinski definition) is 3. The van der Waals surface area contributed by atoms with E-state index in [0.29, 0.717) is 12.8 Å². The lowest BCUT2D eigenvalue weighted by Crippen LogP contribution is -2.44. The normalized spacial score (nSPS) is 14.0. The highest BCUT2D eigenvalue weighted by molar-refractivity contribution is 5.84. The first-order valence-electron chi connectivity index (χ1n) is 7.65. The van der Waals surface area contributed by atoms with Crippen molar-refractivity contribution in [2.75, 3.05) is 7.11 Å². The molecule has 2 atom stereocenters. The van der Waals surface area contributed by atoms with Crippen LogP contribution in [0.25, 0.3) is 0 Å². The highest BCUT2D eigenvalue weighted by atomic mass is 16.5. The molecule has 0 aromatic heterocycles. The van der Waals surface area contributed by atoms with Crippen molar-refractivity contribution in [2.45, 2.75) is 52.5 Å². The van der Waals surface area contributed by atoms with Crippen molar-refractivity contribution in [3.05, 3.63) is 35.9 Å². The summed E-state index contributed by atoms with van der Waals surface area (Å²) >= 11 is 0. The van der Waals surface area contributed by atoms with Gasteiger partial charge in [0.15, 0.2) is 0 Å². The minimum atomic E-state index is -0.597. The molecule has 0 saturated heterocycles. The first-order chi connectivity index (χ1) is 10.2. The summed E-state index contributed by atoms with van der Waals surface area (Å²) in [6.07, 6.45) is 0.896. The topological polar surface area (TPSA) is 55.4 Å². The van der Waals surface area contributed by atoms with E-state index in [9.17, 15) is 9.59 Å². The smallest absolute Gasteiger partial charge is 0.328 e. The molecule has 0 bridgehead atoms. The molecule has 1 aromatic carbocycles. The lowest BCUT2D eigenvalue weighted by atomic mass is 9.88. The number of rotatable bonds is 6. The summed E-state index contributed by atoms with van der Waals surface area (Å²) in [5, 5.41) is 2.81. The zero-order chi connectivity index (χ0) is 16.8. The third-order valence-corrected chi connectivity index (χ3v) is 3.50. The largest absolute Gasteiger partial charge is 0.467 e. The summed E-state index contributed by atoms with van der Waals surface area (Å²) in [6, 6.07) is 9.28. The van der Waals surface area contributed by atoms with Crippen LogP contribution in [-0.4, -0.2) is 25.0 Å². The van der Waals surface area contributed by atoms with Gasteiger partial charge in [-0.3, -0.25) is 4.79 Å². The van der Waals surface area contributed by atoms with Crippen molar-refractivity contribution in [3.8, 4) is 0 Å². The zero-order valence-corrected chi connectivity index (χ0v) is 14.2. The molecule has 4 heteroatoms. The van der Waals surface area contributed by atoms with E-state index >= 15 is 0 Å². The molecule has 0 aliphatic rings. The number of carbonyl (C=O) groups excluding carboxylic acids is 2. The third kappa shape index (κ3) is 6.29. The van der Waals surface area contributed by atoms with Crippen LogP contribution < -0.4 is 5.32 Å². The Morgan fingerprint density at radius 3 is 2.27 bits per heavy atom. The first kappa shape index (κ1) is 18.2. The monoisotopic (exact) mass is 305 g/mol. The van der Waals surface area contributed by atoms with Gasteiger partial charge in [0.05, 0.1) is 7.11 Å². The van der Waals surface area contributed by atoms with Crippen molar-refractivity contribution >= 4 is 11.9 Å². The standard InChI is InChI=1S/C18H27NO3/c1-13(14-9-7-6-8-10-14)11-16(20)19-15(17(21)22-5)12-18(2,3)4/h6-10,13,15H,11-12H2,1-5H3,(H,19,20)/t13-,15-/m0/s1. The number of carbonyl (C=O) groups is 2. The van der Waals surface area contributed by atoms with Gasteiger partial charge in [-0.2, -0.15) is 0 Å². The van der Waals surface area contributed by atoms with Gasteiger partial charge in [0.1, 0.15) is 6.04 Å². The van der Waals surface area contributed by atoms with E-state index in [4.69, 9.17) is 4.74 Å². The molecule has 1 N–H and O–H groups in total. The minimum absolute atomic E-state index is 0.0722. The molecule has 0 radical (unpaired) electrons. The van der Waals surface area contributed by atoms with Crippen LogP contribution in [0.5, 0.6) is 0 Å². The molecule has 1 amide bonds. The van der Waals surface area contributed by atoms with Gasteiger partial charge < -0.3 is 10.1 Å². The molecule has 0 spiro atoms. The quantitative estimate of drug-likeness (QED) is 0.821. The van der Waals surface area contributed by atoms with E-state index in [1.165, 1.54) is 7.11 Å². The fourth-order valence-corrected chi connectivity index (χ4v) is 2.38. The second-order valence-electron chi connectivity index (χ2n) is 6.92. The van der Waals surface area contributed by atoms with Crippen LogP contribution >= 0.6 is 0 Å². The SMILES string of the molecule is COC(=O)[C@H](CC(C)(C)C)NC(=O)C[C@H](C)c1ccccc1. The molecule has 0 aliphatic carbocycles. The molecule has 22 heavy (non-hydrogen) atoms. The van der Waals surface area contributed by atoms with Gasteiger partial charge in [-0.1, -0.05) is 58.0 Å². The fourth-order valence-electron chi connectivity index (χ4n) is 2.38. The van der Waals surface area contributed by atoms with Crippen LogP contribution in [0.4, 0.5) is 0 Å². The number of benzene rings is 1. The number of amides is 1. The molecule has 0 heterocycles. The first-order valence-corrected chi connectivity index (χ1v) is 7.65. The highest BCUT2D eigenvalue weighted by Gasteiger charge is 2.27. The van der Waals surface area contributed by atoms with Crippen LogP contribution in [0.3, 0.4) is 0 Å². The Morgan fingerprint density at radius 1 is 1.18 bits per heavy atom. The average Bonchev–Trinajstić information content (AvgIpc) is 2.45. The molecule has 0 unspecified atom stereocenters. The predicted molar refractivity (Wildman–Crippen MR) is 87.5 cm³/mol. The number of hydrogen-bond donors (Lipinski definition) is 1. The predicted octanol–water partition coefficient (Wildman–Crippen LogP) is 3.27. The van der Waals surface area contributed by atoms with Gasteiger partial charge >= 0.3 is 5.97 Å². The van der Waals surface area contributed by atoms with Crippen LogP contribution in [0.1, 0.15) is 52.0 Å². The maximum atomic E-state index is 12.2. The lowest BCUT2D eigenvalue weighted by Gasteiger charge is -2.25. The fraction of sp³-hybridized carbons (Fsp3) is 0.556. The molecular formula is C18H27NO3. The van der Waals surface area contributed by atoms with Gasteiger partial charge in [-0.05, 0) is 23.3 Å². The van der Waals surface area contributed by atoms with E-state index in [1.54, 1.807) is 0 Å². The summed E-state index contributed by atoms with van der Waals surface area (Å²) in [5.41, 5.74) is 1.04. The summed E-state index contributed by atoms with van der Waals surface area (Å²) in [5.74, 6) is -0.416. The number of methoxy groups -OCH3 is 1. The Bertz CT molecular complexity index is 491. The summed E-state index contributed by atoms with van der Waals surface area (Å²) in [6.45, 7) is 8.09. The Kier molecular flexibility index (Phi) is 6.60. The Balaban J connectivity index is 2.65. The maximum absolute atomic E-state index is 12.2. The van der Waals surface area contributed by atoms with Crippen molar-refractivity contribution in [1.29, 1.82) is 0 Å². The van der Waals surface area contributed by atoms with Gasteiger partial charge in [-0.25, -0.2) is 4.79 Å². The summed E-state index contributed by atoms with van der Waals surface area (Å²) in [7, 11) is 1.34.